The molecule has 1 saturated heterocycles. The molecule has 13 heteroatoms. The maximum Gasteiger partial charge on any atom is 0.326 e. The maximum atomic E-state index is 13.2. The molecule has 0 aromatic heterocycles. The van der Waals surface area contributed by atoms with Crippen molar-refractivity contribution in [1.82, 2.24) is 15.5 Å². The number of carbonyl (C=O) groups is 5. The van der Waals surface area contributed by atoms with E-state index in [2.05, 4.69) is 10.6 Å². The molecule has 0 aliphatic carbocycles. The monoisotopic (exact) mass is 555 g/mol. The summed E-state index contributed by atoms with van der Waals surface area (Å²) < 4.78 is 0. The number of hydrogen-bond acceptors (Lipinski definition) is 8. The molecule has 214 valence electrons. The molecule has 2 aromatic rings. The average molecular weight is 556 g/mol. The number of primary amides is 1. The first-order chi connectivity index (χ1) is 18.9. The topological polar surface area (TPSA) is 225 Å². The van der Waals surface area contributed by atoms with E-state index in [0.29, 0.717) is 18.4 Å². The van der Waals surface area contributed by atoms with E-state index < -0.39 is 60.2 Å². The summed E-state index contributed by atoms with van der Waals surface area (Å²) in [5.41, 5.74) is 12.6. The van der Waals surface area contributed by atoms with E-state index >= 15 is 0 Å². The van der Waals surface area contributed by atoms with Crippen LogP contribution in [0.5, 0.6) is 11.5 Å². The maximum absolute atomic E-state index is 13.2. The summed E-state index contributed by atoms with van der Waals surface area (Å²) in [6, 6.07) is 7.18. The minimum atomic E-state index is -1.48. The zero-order chi connectivity index (χ0) is 29.4. The van der Waals surface area contributed by atoms with Gasteiger partial charge in [0.2, 0.25) is 23.6 Å². The van der Waals surface area contributed by atoms with Crippen LogP contribution in [0, 0.1) is 0 Å². The first-order valence-corrected chi connectivity index (χ1v) is 12.7. The second-order valence-electron chi connectivity index (χ2n) is 9.67. The third-order valence-electron chi connectivity index (χ3n) is 6.58. The van der Waals surface area contributed by atoms with Gasteiger partial charge in [0.25, 0.3) is 0 Å². The number of hydrogen-bond donors (Lipinski definition) is 7. The van der Waals surface area contributed by atoms with E-state index in [0.717, 1.165) is 5.56 Å². The number of phenols is 2. The molecule has 2 aromatic carbocycles. The highest BCUT2D eigenvalue weighted by atomic mass is 16.4. The van der Waals surface area contributed by atoms with E-state index in [9.17, 15) is 39.3 Å². The fraction of sp³-hybridized carbons (Fsp3) is 0.370. The summed E-state index contributed by atoms with van der Waals surface area (Å²) in [5, 5.41) is 33.2. The Morgan fingerprint density at radius 2 is 1.43 bits per heavy atom. The summed E-state index contributed by atoms with van der Waals surface area (Å²) in [4.78, 5) is 64.0. The molecule has 4 unspecified atom stereocenters. The Hall–Kier alpha value is -4.65. The number of rotatable bonds is 12. The molecule has 9 N–H and O–H groups in total. The molecule has 0 bridgehead atoms. The number of nitrogens with one attached hydrogen (secondary N) is 2. The molecule has 1 aliphatic rings. The number of amides is 4. The zero-order valence-electron chi connectivity index (χ0n) is 21.7. The number of phenolic OH excluding ortho intramolecular Hbond substituents is 2. The van der Waals surface area contributed by atoms with Crippen molar-refractivity contribution >= 4 is 29.6 Å². The second kappa shape index (κ2) is 13.4. The SMILES string of the molecule is NC(=O)CC(NC(=O)C1CCCN1C(=O)C(N)Cc1ccc(O)cc1)C(=O)NC(Cc1ccc(O)cc1)C(=O)O. The molecule has 4 atom stereocenters. The lowest BCUT2D eigenvalue weighted by Crippen LogP contribution is -2.57. The lowest BCUT2D eigenvalue weighted by atomic mass is 10.0. The molecule has 0 radical (unpaired) electrons. The predicted octanol–water partition coefficient (Wildman–Crippen LogP) is -0.869. The standard InChI is InChI=1S/C27H33N5O8/c28-19(12-15-3-7-17(33)8-4-15)26(38)32-11-1-2-22(32)25(37)30-20(14-23(29)35)24(36)31-21(27(39)40)13-16-5-9-18(34)10-6-16/h3-10,19-22,33-34H,1-2,11-14,28H2,(H2,29,35)(H,30,37)(H,31,36)(H,39,40). The van der Waals surface area contributed by atoms with Crippen LogP contribution in [0.3, 0.4) is 0 Å². The average Bonchev–Trinajstić information content (AvgIpc) is 3.39. The number of likely N-dealkylation sites (tertiary alicyclic amines) is 1. The van der Waals surface area contributed by atoms with Crippen LogP contribution in [0.4, 0.5) is 0 Å². The van der Waals surface area contributed by atoms with Gasteiger partial charge in [0.15, 0.2) is 0 Å². The fourth-order valence-electron chi connectivity index (χ4n) is 4.51. The quantitative estimate of drug-likeness (QED) is 0.172. The molecule has 40 heavy (non-hydrogen) atoms. The summed E-state index contributed by atoms with van der Waals surface area (Å²) in [5.74, 6) is -4.29. The molecule has 1 fully saturated rings. The summed E-state index contributed by atoms with van der Waals surface area (Å²) in [6.07, 6.45) is 0.268. The smallest absolute Gasteiger partial charge is 0.326 e. The highest BCUT2D eigenvalue weighted by Gasteiger charge is 2.38. The number of carbonyl (C=O) groups excluding carboxylic acids is 4. The Bertz CT molecular complexity index is 1230. The summed E-state index contributed by atoms with van der Waals surface area (Å²) in [6.45, 7) is 0.264. The lowest BCUT2D eigenvalue weighted by Gasteiger charge is -2.28. The van der Waals surface area contributed by atoms with Crippen molar-refractivity contribution < 1.29 is 39.3 Å². The van der Waals surface area contributed by atoms with Gasteiger partial charge in [-0.15, -0.1) is 0 Å². The van der Waals surface area contributed by atoms with Crippen LogP contribution in [-0.2, 0) is 36.8 Å². The van der Waals surface area contributed by atoms with Crippen LogP contribution in [0.25, 0.3) is 0 Å². The van der Waals surface area contributed by atoms with Crippen molar-refractivity contribution in [1.29, 1.82) is 0 Å². The Balaban J connectivity index is 1.67. The number of nitrogens with two attached hydrogens (primary N) is 2. The molecular weight excluding hydrogens is 522 g/mol. The lowest BCUT2D eigenvalue weighted by molar-refractivity contribution is -0.143. The van der Waals surface area contributed by atoms with Gasteiger partial charge in [-0.25, -0.2) is 4.79 Å². The van der Waals surface area contributed by atoms with Crippen LogP contribution in [0.1, 0.15) is 30.4 Å². The van der Waals surface area contributed by atoms with E-state index in [1.807, 2.05) is 0 Å². The number of benzene rings is 2. The summed E-state index contributed by atoms with van der Waals surface area (Å²) in [7, 11) is 0. The van der Waals surface area contributed by atoms with E-state index in [4.69, 9.17) is 11.5 Å². The molecule has 3 rings (SSSR count). The van der Waals surface area contributed by atoms with Gasteiger partial charge in [0.1, 0.15) is 29.6 Å². The Morgan fingerprint density at radius 1 is 0.875 bits per heavy atom. The van der Waals surface area contributed by atoms with Crippen LogP contribution in [0.15, 0.2) is 48.5 Å². The van der Waals surface area contributed by atoms with E-state index in [-0.39, 0.29) is 30.9 Å². The third-order valence-corrected chi connectivity index (χ3v) is 6.58. The first kappa shape index (κ1) is 29.9. The minimum Gasteiger partial charge on any atom is -0.508 e. The van der Waals surface area contributed by atoms with Crippen molar-refractivity contribution in [3.63, 3.8) is 0 Å². The summed E-state index contributed by atoms with van der Waals surface area (Å²) >= 11 is 0. The van der Waals surface area contributed by atoms with Gasteiger partial charge in [0, 0.05) is 13.0 Å². The van der Waals surface area contributed by atoms with Gasteiger partial charge in [-0.05, 0) is 54.7 Å². The second-order valence-corrected chi connectivity index (χ2v) is 9.67. The fourth-order valence-corrected chi connectivity index (χ4v) is 4.51. The van der Waals surface area contributed by atoms with Crippen molar-refractivity contribution in [3.8, 4) is 11.5 Å². The van der Waals surface area contributed by atoms with Gasteiger partial charge in [-0.2, -0.15) is 0 Å². The number of carboxylic acids is 1. The molecule has 4 amide bonds. The molecular formula is C27H33N5O8. The van der Waals surface area contributed by atoms with Crippen molar-refractivity contribution in [2.24, 2.45) is 11.5 Å². The minimum absolute atomic E-state index is 0.00959. The van der Waals surface area contributed by atoms with E-state index in [1.54, 1.807) is 12.1 Å². The number of aliphatic carboxylic acids is 1. The molecule has 0 spiro atoms. The third kappa shape index (κ3) is 8.17. The zero-order valence-corrected chi connectivity index (χ0v) is 21.7. The number of aromatic hydroxyl groups is 2. The molecule has 13 nitrogen and oxygen atoms in total. The number of nitrogens with zero attached hydrogens (tertiary/aromatic N) is 1. The molecule has 1 aliphatic heterocycles. The van der Waals surface area contributed by atoms with E-state index in [1.165, 1.54) is 41.3 Å². The van der Waals surface area contributed by atoms with Gasteiger partial charge in [0.05, 0.1) is 12.5 Å². The molecule has 0 saturated carbocycles. The van der Waals surface area contributed by atoms with Crippen molar-refractivity contribution in [2.75, 3.05) is 6.54 Å². The van der Waals surface area contributed by atoms with Crippen molar-refractivity contribution in [3.05, 3.63) is 59.7 Å². The predicted molar refractivity (Wildman–Crippen MR) is 142 cm³/mol. The van der Waals surface area contributed by atoms with Gasteiger partial charge in [-0.3, -0.25) is 19.2 Å². The Morgan fingerprint density at radius 3 is 1.95 bits per heavy atom. The molecule has 1 heterocycles. The van der Waals surface area contributed by atoms with Crippen LogP contribution in [0.2, 0.25) is 0 Å². The normalized spacial score (nSPS) is 16.9. The number of carboxylic acid groups (broad SMARTS) is 1. The van der Waals surface area contributed by atoms with Crippen LogP contribution in [-0.4, -0.2) is 80.5 Å². The van der Waals surface area contributed by atoms with Crippen molar-refractivity contribution in [2.45, 2.75) is 56.3 Å². The van der Waals surface area contributed by atoms with Crippen LogP contribution >= 0.6 is 0 Å². The Labute approximate surface area is 230 Å². The van der Waals surface area contributed by atoms with Crippen LogP contribution < -0.4 is 22.1 Å². The highest BCUT2D eigenvalue weighted by molar-refractivity contribution is 5.96. The first-order valence-electron chi connectivity index (χ1n) is 12.7. The van der Waals surface area contributed by atoms with Gasteiger partial charge >= 0.3 is 5.97 Å². The van der Waals surface area contributed by atoms with Gasteiger partial charge < -0.3 is 42.3 Å². The largest absolute Gasteiger partial charge is 0.508 e. The highest BCUT2D eigenvalue weighted by Crippen LogP contribution is 2.20. The van der Waals surface area contributed by atoms with Gasteiger partial charge in [-0.1, -0.05) is 24.3 Å². The Kier molecular flexibility index (Phi) is 10.0.